The molecule has 0 spiro atoms. The van der Waals surface area contributed by atoms with Crippen LogP contribution in [0, 0.1) is 11.8 Å². The summed E-state index contributed by atoms with van der Waals surface area (Å²) in [7, 11) is -3.77. The predicted octanol–water partition coefficient (Wildman–Crippen LogP) is 1.17. The monoisotopic (exact) mass is 299 g/mol. The van der Waals surface area contributed by atoms with Crippen molar-refractivity contribution in [3.8, 4) is 0 Å². The van der Waals surface area contributed by atoms with Crippen molar-refractivity contribution in [2.75, 3.05) is 13.1 Å². The van der Waals surface area contributed by atoms with Crippen LogP contribution in [0.5, 0.6) is 0 Å². The van der Waals surface area contributed by atoms with E-state index in [4.69, 9.17) is 5.14 Å². The Morgan fingerprint density at radius 3 is 2.45 bits per heavy atom. The summed E-state index contributed by atoms with van der Waals surface area (Å²) in [5.74, 6) is 1.12. The highest BCUT2D eigenvalue weighted by Gasteiger charge is 2.26. The molecule has 0 aromatic carbocycles. The summed E-state index contributed by atoms with van der Waals surface area (Å²) in [6.45, 7) is 5.83. The topological polar surface area (TPSA) is 96.3 Å². The van der Waals surface area contributed by atoms with Crippen LogP contribution in [0.3, 0.4) is 0 Å². The number of carbonyl (C=O) groups is 1. The molecule has 1 amide bonds. The third-order valence-electron chi connectivity index (χ3n) is 3.99. The summed E-state index contributed by atoms with van der Waals surface area (Å²) < 4.78 is 22.4. The van der Waals surface area contributed by atoms with E-state index < -0.39 is 10.0 Å². The maximum absolute atomic E-state index is 12.3. The number of hydrogen-bond donors (Lipinski definition) is 2. The van der Waals surface area contributed by atoms with Crippen LogP contribution in [0.4, 0.5) is 0 Å². The smallest absolute Gasteiger partial charge is 0.270 e. The molecule has 0 bridgehead atoms. The molecule has 1 saturated heterocycles. The molecule has 20 heavy (non-hydrogen) atoms. The van der Waals surface area contributed by atoms with E-state index in [9.17, 15) is 13.2 Å². The van der Waals surface area contributed by atoms with Crippen molar-refractivity contribution in [2.45, 2.75) is 31.6 Å². The Hall–Kier alpha value is -1.34. The normalized spacial score (nSPS) is 17.7. The Morgan fingerprint density at radius 1 is 1.40 bits per heavy atom. The van der Waals surface area contributed by atoms with Gasteiger partial charge in [-0.3, -0.25) is 4.79 Å². The molecule has 2 rings (SSSR count). The fourth-order valence-electron chi connectivity index (χ4n) is 2.60. The van der Waals surface area contributed by atoms with Gasteiger partial charge in [-0.05, 0) is 30.7 Å². The van der Waals surface area contributed by atoms with Crippen molar-refractivity contribution in [2.24, 2.45) is 17.0 Å². The van der Waals surface area contributed by atoms with Crippen LogP contribution in [0.15, 0.2) is 17.2 Å². The molecule has 0 saturated carbocycles. The molecule has 1 aromatic rings. The lowest BCUT2D eigenvalue weighted by Crippen LogP contribution is -2.39. The zero-order valence-electron chi connectivity index (χ0n) is 11.8. The molecule has 0 atom stereocenters. The van der Waals surface area contributed by atoms with Gasteiger partial charge in [0.05, 0.1) is 4.90 Å². The Morgan fingerprint density at radius 2 is 2.00 bits per heavy atom. The number of carbonyl (C=O) groups excluding carboxylic acids is 1. The van der Waals surface area contributed by atoms with Gasteiger partial charge in [-0.2, -0.15) is 0 Å². The van der Waals surface area contributed by atoms with Crippen LogP contribution in [0.25, 0.3) is 0 Å². The van der Waals surface area contributed by atoms with Crippen LogP contribution in [0.1, 0.15) is 37.2 Å². The van der Waals surface area contributed by atoms with Crippen LogP contribution in [0.2, 0.25) is 0 Å². The Labute approximate surface area is 119 Å². The maximum atomic E-state index is 12.3. The molecule has 1 aliphatic heterocycles. The molecule has 112 valence electrons. The van der Waals surface area contributed by atoms with Crippen LogP contribution in [-0.2, 0) is 10.0 Å². The zero-order chi connectivity index (χ0) is 14.9. The highest BCUT2D eigenvalue weighted by atomic mass is 32.2. The molecule has 7 heteroatoms. The molecule has 1 aliphatic rings. The molecule has 1 aromatic heterocycles. The first-order valence-electron chi connectivity index (χ1n) is 6.79. The number of nitrogens with one attached hydrogen (secondary N) is 1. The number of amides is 1. The van der Waals surface area contributed by atoms with Gasteiger partial charge in [-0.15, -0.1) is 0 Å². The van der Waals surface area contributed by atoms with E-state index >= 15 is 0 Å². The molecule has 6 nitrogen and oxygen atoms in total. The summed E-state index contributed by atoms with van der Waals surface area (Å²) in [5.41, 5.74) is 0.275. The second-order valence-corrected chi connectivity index (χ2v) is 7.23. The van der Waals surface area contributed by atoms with Gasteiger partial charge < -0.3 is 9.88 Å². The van der Waals surface area contributed by atoms with E-state index in [2.05, 4.69) is 18.8 Å². The summed E-state index contributed by atoms with van der Waals surface area (Å²) in [4.78, 5) is 16.7. The van der Waals surface area contributed by atoms with E-state index in [0.29, 0.717) is 24.9 Å². The Kier molecular flexibility index (Phi) is 4.19. The van der Waals surface area contributed by atoms with E-state index in [1.54, 1.807) is 4.90 Å². The Balaban J connectivity index is 2.04. The molecule has 0 unspecified atom stereocenters. The van der Waals surface area contributed by atoms with Gasteiger partial charge in [0.25, 0.3) is 5.91 Å². The highest BCUT2D eigenvalue weighted by molar-refractivity contribution is 7.89. The Bertz CT molecular complexity index is 584. The van der Waals surface area contributed by atoms with E-state index in [0.717, 1.165) is 12.8 Å². The number of rotatable bonds is 3. The second kappa shape index (κ2) is 5.57. The fraction of sp³-hybridized carbons (Fsp3) is 0.615. The van der Waals surface area contributed by atoms with Crippen LogP contribution < -0.4 is 5.14 Å². The number of sulfonamides is 1. The number of nitrogens with two attached hydrogens (primary N) is 1. The van der Waals surface area contributed by atoms with Gasteiger partial charge in [0.1, 0.15) is 5.69 Å². The standard InChI is InChI=1S/C13H21N3O3S/c1-9(2)10-3-5-16(6-4-10)13(17)12-7-11(8-15-12)20(14,18)19/h7-10,15H,3-6H2,1-2H3,(H2,14,18,19). The summed E-state index contributed by atoms with van der Waals surface area (Å²) >= 11 is 0. The van der Waals surface area contributed by atoms with Gasteiger partial charge in [0.2, 0.25) is 10.0 Å². The van der Waals surface area contributed by atoms with Crippen molar-refractivity contribution in [1.29, 1.82) is 0 Å². The van der Waals surface area contributed by atoms with Gasteiger partial charge in [-0.1, -0.05) is 13.8 Å². The van der Waals surface area contributed by atoms with Crippen molar-refractivity contribution < 1.29 is 13.2 Å². The number of primary sulfonamides is 1. The second-order valence-electron chi connectivity index (χ2n) is 5.67. The van der Waals surface area contributed by atoms with Crippen LogP contribution >= 0.6 is 0 Å². The maximum Gasteiger partial charge on any atom is 0.270 e. The van der Waals surface area contributed by atoms with E-state index in [1.165, 1.54) is 12.3 Å². The summed E-state index contributed by atoms with van der Waals surface area (Å²) in [5, 5.41) is 5.03. The molecule has 1 fully saturated rings. The number of aromatic amines is 1. The lowest BCUT2D eigenvalue weighted by atomic mass is 9.86. The first-order valence-corrected chi connectivity index (χ1v) is 8.34. The van der Waals surface area contributed by atoms with Crippen molar-refractivity contribution >= 4 is 15.9 Å². The molecular formula is C13H21N3O3S. The molecule has 0 aliphatic carbocycles. The van der Waals surface area contributed by atoms with Gasteiger partial charge in [-0.25, -0.2) is 13.6 Å². The number of H-pyrrole nitrogens is 1. The van der Waals surface area contributed by atoms with Crippen molar-refractivity contribution in [3.63, 3.8) is 0 Å². The largest absolute Gasteiger partial charge is 0.356 e. The highest BCUT2D eigenvalue weighted by Crippen LogP contribution is 2.25. The lowest BCUT2D eigenvalue weighted by molar-refractivity contribution is 0.0662. The SMILES string of the molecule is CC(C)C1CCN(C(=O)c2cc(S(N)(=O)=O)c[nH]2)CC1. The predicted molar refractivity (Wildman–Crippen MR) is 75.6 cm³/mol. The fourth-order valence-corrected chi connectivity index (χ4v) is 3.11. The third-order valence-corrected chi connectivity index (χ3v) is 4.88. The minimum absolute atomic E-state index is 0.0575. The number of nitrogens with zero attached hydrogens (tertiary/aromatic N) is 1. The molecule has 0 radical (unpaired) electrons. The molecule has 2 heterocycles. The first-order chi connectivity index (χ1) is 9.29. The van der Waals surface area contributed by atoms with Gasteiger partial charge >= 0.3 is 0 Å². The lowest BCUT2D eigenvalue weighted by Gasteiger charge is -2.33. The van der Waals surface area contributed by atoms with Gasteiger partial charge in [0.15, 0.2) is 0 Å². The number of piperidine rings is 1. The zero-order valence-corrected chi connectivity index (χ0v) is 12.6. The van der Waals surface area contributed by atoms with Gasteiger partial charge in [0, 0.05) is 19.3 Å². The van der Waals surface area contributed by atoms with Crippen LogP contribution in [-0.4, -0.2) is 37.3 Å². The average molecular weight is 299 g/mol. The van der Waals surface area contributed by atoms with Crippen molar-refractivity contribution in [3.05, 3.63) is 18.0 Å². The number of likely N-dealkylation sites (tertiary alicyclic amines) is 1. The average Bonchev–Trinajstić information content (AvgIpc) is 2.87. The minimum atomic E-state index is -3.77. The minimum Gasteiger partial charge on any atom is -0.356 e. The van der Waals surface area contributed by atoms with E-state index in [1.807, 2.05) is 0 Å². The number of hydrogen-bond acceptors (Lipinski definition) is 3. The molecular weight excluding hydrogens is 278 g/mol. The summed E-state index contributed by atoms with van der Waals surface area (Å²) in [6, 6.07) is 1.30. The first kappa shape index (κ1) is 15.1. The molecule has 3 N–H and O–H groups in total. The quantitative estimate of drug-likeness (QED) is 0.876. The van der Waals surface area contributed by atoms with E-state index in [-0.39, 0.29) is 16.5 Å². The van der Waals surface area contributed by atoms with Crippen molar-refractivity contribution in [1.82, 2.24) is 9.88 Å². The third kappa shape index (κ3) is 3.21. The summed E-state index contributed by atoms with van der Waals surface area (Å²) in [6.07, 6.45) is 3.24. The number of aromatic nitrogens is 1.